The molecule has 0 unspecified atom stereocenters. The summed E-state index contributed by atoms with van der Waals surface area (Å²) in [5.74, 6) is -1.19. The molecule has 0 saturated heterocycles. The first-order valence-corrected chi connectivity index (χ1v) is 10.2. The Balaban J connectivity index is 1.56. The van der Waals surface area contributed by atoms with E-state index in [0.29, 0.717) is 11.4 Å². The lowest BCUT2D eigenvalue weighted by molar-refractivity contribution is -0.384. The Kier molecular flexibility index (Phi) is 7.22. The van der Waals surface area contributed by atoms with E-state index < -0.39 is 16.6 Å². The molecule has 0 spiro atoms. The molecule has 2 amide bonds. The largest absolute Gasteiger partial charge is 0.325 e. The first-order chi connectivity index (χ1) is 14.8. The number of amides is 2. The van der Waals surface area contributed by atoms with Gasteiger partial charge in [0.25, 0.3) is 11.6 Å². The summed E-state index contributed by atoms with van der Waals surface area (Å²) in [5.41, 5.74) is 1.08. The fourth-order valence-corrected chi connectivity index (χ4v) is 3.46. The number of non-ortho nitro benzene ring substituents is 1. The Morgan fingerprint density at radius 1 is 1.00 bits per heavy atom. The van der Waals surface area contributed by atoms with Gasteiger partial charge in [0.05, 0.1) is 15.7 Å². The molecule has 0 aromatic heterocycles. The molecule has 3 aromatic carbocycles. The second kappa shape index (κ2) is 10.1. The van der Waals surface area contributed by atoms with Gasteiger partial charge in [0.15, 0.2) is 0 Å². The Bertz CT molecular complexity index is 1140. The van der Waals surface area contributed by atoms with Crippen LogP contribution < -0.4 is 10.6 Å². The van der Waals surface area contributed by atoms with E-state index in [1.54, 1.807) is 24.3 Å². The molecule has 158 valence electrons. The number of nitrogens with one attached hydrogen (secondary N) is 2. The minimum Gasteiger partial charge on any atom is -0.325 e. The minimum absolute atomic E-state index is 0.0816. The molecule has 0 aliphatic rings. The average Bonchev–Trinajstić information content (AvgIpc) is 2.75. The SMILES string of the molecule is O=C(CSc1cccc(NC(=O)c2ccc([N+](=O)[O-])cc2)c1)Nc1ccc(F)c(Cl)c1. The number of nitrogens with zero attached hydrogens (tertiary/aromatic N) is 1. The van der Waals surface area contributed by atoms with Crippen molar-refractivity contribution in [1.82, 2.24) is 0 Å². The molecule has 0 fully saturated rings. The number of hydrogen-bond donors (Lipinski definition) is 2. The van der Waals surface area contributed by atoms with Crippen molar-refractivity contribution < 1.29 is 18.9 Å². The van der Waals surface area contributed by atoms with Gasteiger partial charge in [0, 0.05) is 34.0 Å². The summed E-state index contributed by atoms with van der Waals surface area (Å²) in [6.07, 6.45) is 0. The number of carbonyl (C=O) groups is 2. The highest BCUT2D eigenvalue weighted by atomic mass is 35.5. The number of nitro benzene ring substituents is 1. The first kappa shape index (κ1) is 22.3. The molecular weight excluding hydrogens is 445 g/mol. The molecule has 0 aliphatic heterocycles. The van der Waals surface area contributed by atoms with Crippen LogP contribution in [0.2, 0.25) is 5.02 Å². The van der Waals surface area contributed by atoms with Crippen LogP contribution in [0.1, 0.15) is 10.4 Å². The van der Waals surface area contributed by atoms with Gasteiger partial charge < -0.3 is 10.6 Å². The highest BCUT2D eigenvalue weighted by Gasteiger charge is 2.11. The average molecular weight is 460 g/mol. The zero-order valence-corrected chi connectivity index (χ0v) is 17.4. The summed E-state index contributed by atoms with van der Waals surface area (Å²) in [4.78, 5) is 35.4. The standard InChI is InChI=1S/C21H15ClFN3O4S/c22-18-11-15(6-9-19(18)23)24-20(27)12-31-17-3-1-2-14(10-17)25-21(28)13-4-7-16(8-5-13)26(29)30/h1-11H,12H2,(H,24,27)(H,25,28). The van der Waals surface area contributed by atoms with Crippen molar-refractivity contribution in [2.75, 3.05) is 16.4 Å². The Hall–Kier alpha value is -3.43. The van der Waals surface area contributed by atoms with Crippen molar-refractivity contribution >= 4 is 52.2 Å². The van der Waals surface area contributed by atoms with Crippen LogP contribution in [-0.4, -0.2) is 22.5 Å². The number of carbonyl (C=O) groups excluding carboxylic acids is 2. The van der Waals surface area contributed by atoms with Crippen molar-refractivity contribution in [2.24, 2.45) is 0 Å². The number of nitro groups is 1. The van der Waals surface area contributed by atoms with Gasteiger partial charge in [-0.3, -0.25) is 19.7 Å². The molecule has 3 rings (SSSR count). The van der Waals surface area contributed by atoms with E-state index in [2.05, 4.69) is 10.6 Å². The summed E-state index contributed by atoms with van der Waals surface area (Å²) < 4.78 is 13.2. The van der Waals surface area contributed by atoms with Crippen molar-refractivity contribution in [1.29, 1.82) is 0 Å². The van der Waals surface area contributed by atoms with Crippen LogP contribution in [0.15, 0.2) is 71.6 Å². The first-order valence-electron chi connectivity index (χ1n) is 8.85. The van der Waals surface area contributed by atoms with Crippen LogP contribution in [0.3, 0.4) is 0 Å². The van der Waals surface area contributed by atoms with Crippen molar-refractivity contribution in [3.05, 3.63) is 93.2 Å². The van der Waals surface area contributed by atoms with Gasteiger partial charge in [0.2, 0.25) is 5.91 Å². The zero-order chi connectivity index (χ0) is 22.4. The number of rotatable bonds is 7. The van der Waals surface area contributed by atoms with Gasteiger partial charge in [-0.25, -0.2) is 4.39 Å². The summed E-state index contributed by atoms with van der Waals surface area (Å²) >= 11 is 6.95. The molecular formula is C21H15ClFN3O4S. The molecule has 0 saturated carbocycles. The summed E-state index contributed by atoms with van der Waals surface area (Å²) in [7, 11) is 0. The highest BCUT2D eigenvalue weighted by molar-refractivity contribution is 8.00. The number of halogens is 2. The Morgan fingerprint density at radius 2 is 1.71 bits per heavy atom. The van der Waals surface area contributed by atoms with Crippen LogP contribution in [0, 0.1) is 15.9 Å². The van der Waals surface area contributed by atoms with E-state index in [1.807, 2.05) is 0 Å². The number of benzene rings is 3. The molecule has 0 radical (unpaired) electrons. The summed E-state index contributed by atoms with van der Waals surface area (Å²) in [6.45, 7) is 0. The van der Waals surface area contributed by atoms with Gasteiger partial charge in [-0.05, 0) is 48.5 Å². The van der Waals surface area contributed by atoms with Crippen LogP contribution in [0.5, 0.6) is 0 Å². The van der Waals surface area contributed by atoms with Gasteiger partial charge in [-0.15, -0.1) is 11.8 Å². The maximum Gasteiger partial charge on any atom is 0.269 e. The van der Waals surface area contributed by atoms with Gasteiger partial charge in [-0.1, -0.05) is 17.7 Å². The number of hydrogen-bond acceptors (Lipinski definition) is 5. The molecule has 31 heavy (non-hydrogen) atoms. The maximum absolute atomic E-state index is 13.2. The lowest BCUT2D eigenvalue weighted by Crippen LogP contribution is -2.14. The lowest BCUT2D eigenvalue weighted by atomic mass is 10.2. The van der Waals surface area contributed by atoms with E-state index in [9.17, 15) is 24.1 Å². The predicted molar refractivity (Wildman–Crippen MR) is 118 cm³/mol. The van der Waals surface area contributed by atoms with Gasteiger partial charge in [0.1, 0.15) is 5.82 Å². The molecule has 0 aliphatic carbocycles. The molecule has 2 N–H and O–H groups in total. The zero-order valence-electron chi connectivity index (χ0n) is 15.8. The smallest absolute Gasteiger partial charge is 0.269 e. The monoisotopic (exact) mass is 459 g/mol. The normalized spacial score (nSPS) is 10.4. The molecule has 7 nitrogen and oxygen atoms in total. The van der Waals surface area contributed by atoms with Crippen LogP contribution in [0.25, 0.3) is 0 Å². The van der Waals surface area contributed by atoms with E-state index in [-0.39, 0.29) is 27.9 Å². The third-order valence-electron chi connectivity index (χ3n) is 4.01. The third kappa shape index (κ3) is 6.27. The quantitative estimate of drug-likeness (QED) is 0.281. The Morgan fingerprint density at radius 3 is 2.39 bits per heavy atom. The number of anilines is 2. The van der Waals surface area contributed by atoms with Crippen molar-refractivity contribution in [2.45, 2.75) is 4.90 Å². The predicted octanol–water partition coefficient (Wildman–Crippen LogP) is 5.37. The second-order valence-electron chi connectivity index (χ2n) is 6.25. The fourth-order valence-electron chi connectivity index (χ4n) is 2.52. The molecule has 0 heterocycles. The van der Waals surface area contributed by atoms with Gasteiger partial charge in [-0.2, -0.15) is 0 Å². The van der Waals surface area contributed by atoms with E-state index in [4.69, 9.17) is 11.6 Å². The van der Waals surface area contributed by atoms with E-state index in [1.165, 1.54) is 54.2 Å². The van der Waals surface area contributed by atoms with Gasteiger partial charge >= 0.3 is 0 Å². The van der Waals surface area contributed by atoms with Crippen LogP contribution in [-0.2, 0) is 4.79 Å². The molecule has 3 aromatic rings. The maximum atomic E-state index is 13.2. The van der Waals surface area contributed by atoms with E-state index in [0.717, 1.165) is 4.90 Å². The highest BCUT2D eigenvalue weighted by Crippen LogP contribution is 2.24. The summed E-state index contributed by atoms with van der Waals surface area (Å²) in [5, 5.41) is 16.0. The second-order valence-corrected chi connectivity index (χ2v) is 7.71. The van der Waals surface area contributed by atoms with Crippen LogP contribution in [0.4, 0.5) is 21.5 Å². The molecule has 0 atom stereocenters. The van der Waals surface area contributed by atoms with Crippen molar-refractivity contribution in [3.63, 3.8) is 0 Å². The van der Waals surface area contributed by atoms with Crippen molar-refractivity contribution in [3.8, 4) is 0 Å². The van der Waals surface area contributed by atoms with Crippen LogP contribution >= 0.6 is 23.4 Å². The fraction of sp³-hybridized carbons (Fsp3) is 0.0476. The molecule has 10 heteroatoms. The lowest BCUT2D eigenvalue weighted by Gasteiger charge is -2.08. The van der Waals surface area contributed by atoms with E-state index >= 15 is 0 Å². The molecule has 0 bridgehead atoms. The number of thioether (sulfide) groups is 1. The minimum atomic E-state index is -0.568. The Labute approximate surface area is 185 Å². The summed E-state index contributed by atoms with van der Waals surface area (Å²) in [6, 6.07) is 16.1. The third-order valence-corrected chi connectivity index (χ3v) is 5.29. The topological polar surface area (TPSA) is 101 Å².